The average molecular weight is 511 g/mol. The first-order chi connectivity index (χ1) is 18.1. The highest BCUT2D eigenvalue weighted by atomic mass is 16.7. The Morgan fingerprint density at radius 1 is 0.838 bits per heavy atom. The van der Waals surface area contributed by atoms with Gasteiger partial charge in [0, 0.05) is 11.5 Å². The molecular weight excluding hydrogens is 464 g/mol. The fraction of sp³-hybridized carbons (Fsp3) is 0.594. The van der Waals surface area contributed by atoms with Crippen LogP contribution < -0.4 is 9.47 Å². The second kappa shape index (κ2) is 16.5. The minimum atomic E-state index is -0.393. The van der Waals surface area contributed by atoms with Crippen LogP contribution in [0.1, 0.15) is 107 Å². The van der Waals surface area contributed by atoms with Crippen LogP contribution in [-0.4, -0.2) is 25.8 Å². The second-order valence-corrected chi connectivity index (χ2v) is 10.4. The van der Waals surface area contributed by atoms with Crippen LogP contribution in [0.3, 0.4) is 0 Å². The maximum absolute atomic E-state index is 12.6. The molecule has 1 fully saturated rings. The van der Waals surface area contributed by atoms with Crippen LogP contribution in [0.2, 0.25) is 0 Å². The number of ether oxygens (including phenoxy) is 4. The smallest absolute Gasteiger partial charge is 0.343 e. The zero-order valence-corrected chi connectivity index (χ0v) is 23.1. The van der Waals surface area contributed by atoms with Gasteiger partial charge in [0.1, 0.15) is 11.5 Å². The monoisotopic (exact) mass is 510 g/mol. The standard InChI is InChI=1S/C32H46O5/c1-4-6-7-8-9-10-11-12-13-26-23-35-32(36-24-26)28-16-14-27(15-17-28)31(33)37-30-20-18-29(19-21-30)34-22-25(3)5-2/h14-21,25-26,32H,4-13,22-24H2,1-3H3/t25-,26?,32?/m0/s1. The van der Waals surface area contributed by atoms with Gasteiger partial charge in [0.15, 0.2) is 6.29 Å². The third-order valence-corrected chi connectivity index (χ3v) is 7.12. The number of carbonyl (C=O) groups excluding carboxylic acids is 1. The fourth-order valence-electron chi connectivity index (χ4n) is 4.37. The van der Waals surface area contributed by atoms with Gasteiger partial charge < -0.3 is 18.9 Å². The summed E-state index contributed by atoms with van der Waals surface area (Å²) in [5, 5.41) is 0. The first-order valence-corrected chi connectivity index (χ1v) is 14.4. The SMILES string of the molecule is CCCCCCCCCCC1COC(c2ccc(C(=O)Oc3ccc(OC[C@@H](C)CC)cc3)cc2)OC1. The Balaban J connectivity index is 1.35. The summed E-state index contributed by atoms with van der Waals surface area (Å²) >= 11 is 0. The van der Waals surface area contributed by atoms with E-state index in [1.165, 1.54) is 51.4 Å². The van der Waals surface area contributed by atoms with E-state index in [2.05, 4.69) is 20.8 Å². The van der Waals surface area contributed by atoms with Crippen molar-refractivity contribution in [2.24, 2.45) is 11.8 Å². The Hall–Kier alpha value is -2.37. The molecular formula is C32H46O5. The van der Waals surface area contributed by atoms with E-state index >= 15 is 0 Å². The van der Waals surface area contributed by atoms with Crippen molar-refractivity contribution in [3.8, 4) is 11.5 Å². The lowest BCUT2D eigenvalue weighted by Crippen LogP contribution is -2.27. The molecule has 1 aliphatic rings. The summed E-state index contributed by atoms with van der Waals surface area (Å²) in [7, 11) is 0. The van der Waals surface area contributed by atoms with Gasteiger partial charge in [-0.3, -0.25) is 0 Å². The molecule has 0 spiro atoms. The molecule has 1 atom stereocenters. The number of hydrogen-bond acceptors (Lipinski definition) is 5. The molecule has 2 aromatic carbocycles. The molecule has 2 aromatic rings. The van der Waals surface area contributed by atoms with E-state index in [-0.39, 0.29) is 6.29 Å². The Bertz CT molecular complexity index is 884. The molecule has 0 radical (unpaired) electrons. The second-order valence-electron chi connectivity index (χ2n) is 10.4. The Kier molecular flexibility index (Phi) is 13.0. The highest BCUT2D eigenvalue weighted by Crippen LogP contribution is 2.28. The first kappa shape index (κ1) is 29.2. The van der Waals surface area contributed by atoms with Gasteiger partial charge in [-0.25, -0.2) is 4.79 Å². The maximum atomic E-state index is 12.6. The van der Waals surface area contributed by atoms with Crippen molar-refractivity contribution < 1.29 is 23.7 Å². The average Bonchev–Trinajstić information content (AvgIpc) is 2.94. The molecule has 37 heavy (non-hydrogen) atoms. The highest BCUT2D eigenvalue weighted by molar-refractivity contribution is 5.91. The number of esters is 1. The van der Waals surface area contributed by atoms with Crippen LogP contribution in [0.4, 0.5) is 0 Å². The number of unbranched alkanes of at least 4 members (excludes halogenated alkanes) is 7. The Morgan fingerprint density at radius 3 is 2.05 bits per heavy atom. The van der Waals surface area contributed by atoms with E-state index < -0.39 is 5.97 Å². The van der Waals surface area contributed by atoms with Crippen molar-refractivity contribution in [1.82, 2.24) is 0 Å². The number of rotatable bonds is 16. The van der Waals surface area contributed by atoms with Crippen LogP contribution in [-0.2, 0) is 9.47 Å². The van der Waals surface area contributed by atoms with Gasteiger partial charge in [-0.05, 0) is 48.7 Å². The Morgan fingerprint density at radius 2 is 1.43 bits per heavy atom. The third-order valence-electron chi connectivity index (χ3n) is 7.12. The molecule has 1 heterocycles. The molecule has 0 aromatic heterocycles. The van der Waals surface area contributed by atoms with E-state index in [4.69, 9.17) is 18.9 Å². The van der Waals surface area contributed by atoms with Gasteiger partial charge in [-0.1, -0.05) is 90.7 Å². The summed E-state index contributed by atoms with van der Waals surface area (Å²) < 4.78 is 23.3. The molecule has 1 saturated heterocycles. The minimum absolute atomic E-state index is 0.372. The van der Waals surface area contributed by atoms with Crippen molar-refractivity contribution in [2.75, 3.05) is 19.8 Å². The summed E-state index contributed by atoms with van der Waals surface area (Å²) in [6, 6.07) is 14.5. The fourth-order valence-corrected chi connectivity index (χ4v) is 4.37. The van der Waals surface area contributed by atoms with Crippen molar-refractivity contribution in [1.29, 1.82) is 0 Å². The van der Waals surface area contributed by atoms with Gasteiger partial charge in [0.2, 0.25) is 0 Å². The predicted molar refractivity (Wildman–Crippen MR) is 148 cm³/mol. The van der Waals surface area contributed by atoms with Crippen molar-refractivity contribution >= 4 is 5.97 Å². The molecule has 0 bridgehead atoms. The van der Waals surface area contributed by atoms with E-state index in [9.17, 15) is 4.79 Å². The molecule has 0 saturated carbocycles. The van der Waals surface area contributed by atoms with Crippen LogP contribution in [0.5, 0.6) is 11.5 Å². The van der Waals surface area contributed by atoms with Crippen LogP contribution in [0.25, 0.3) is 0 Å². The van der Waals surface area contributed by atoms with Gasteiger partial charge in [0.05, 0.1) is 25.4 Å². The van der Waals surface area contributed by atoms with Crippen LogP contribution >= 0.6 is 0 Å². The molecule has 1 aliphatic heterocycles. The number of carbonyl (C=O) groups is 1. The predicted octanol–water partition coefficient (Wildman–Crippen LogP) is 8.52. The van der Waals surface area contributed by atoms with Crippen molar-refractivity contribution in [2.45, 2.75) is 91.3 Å². The van der Waals surface area contributed by atoms with E-state index in [1.807, 2.05) is 24.3 Å². The van der Waals surface area contributed by atoms with Crippen molar-refractivity contribution in [3.63, 3.8) is 0 Å². The summed E-state index contributed by atoms with van der Waals surface area (Å²) in [5.41, 5.74) is 1.41. The van der Waals surface area contributed by atoms with Gasteiger partial charge in [-0.15, -0.1) is 0 Å². The lowest BCUT2D eigenvalue weighted by molar-refractivity contribution is -0.206. The molecule has 204 valence electrons. The number of hydrogen-bond donors (Lipinski definition) is 0. The zero-order valence-electron chi connectivity index (χ0n) is 23.1. The summed E-state index contributed by atoms with van der Waals surface area (Å²) in [6.07, 6.45) is 12.6. The molecule has 0 N–H and O–H groups in total. The molecule has 0 aliphatic carbocycles. The lowest BCUT2D eigenvalue weighted by atomic mass is 10.0. The number of benzene rings is 2. The van der Waals surface area contributed by atoms with Crippen LogP contribution in [0.15, 0.2) is 48.5 Å². The molecule has 0 unspecified atom stereocenters. The highest BCUT2D eigenvalue weighted by Gasteiger charge is 2.23. The zero-order chi connectivity index (χ0) is 26.3. The normalized spacial score (nSPS) is 18.4. The van der Waals surface area contributed by atoms with Gasteiger partial charge in [-0.2, -0.15) is 0 Å². The topological polar surface area (TPSA) is 54.0 Å². The van der Waals surface area contributed by atoms with Gasteiger partial charge in [0.25, 0.3) is 0 Å². The summed E-state index contributed by atoms with van der Waals surface area (Å²) in [6.45, 7) is 8.69. The van der Waals surface area contributed by atoms with Crippen LogP contribution in [0, 0.1) is 11.8 Å². The third kappa shape index (κ3) is 10.5. The summed E-state index contributed by atoms with van der Waals surface area (Å²) in [5.74, 6) is 1.85. The summed E-state index contributed by atoms with van der Waals surface area (Å²) in [4.78, 5) is 12.6. The molecule has 5 heteroatoms. The quantitative estimate of drug-likeness (QED) is 0.129. The van der Waals surface area contributed by atoms with E-state index in [0.29, 0.717) is 29.8 Å². The van der Waals surface area contributed by atoms with Crippen molar-refractivity contribution in [3.05, 3.63) is 59.7 Å². The van der Waals surface area contributed by atoms with Gasteiger partial charge >= 0.3 is 5.97 Å². The van der Waals surface area contributed by atoms with E-state index in [1.54, 1.807) is 24.3 Å². The molecule has 5 nitrogen and oxygen atoms in total. The maximum Gasteiger partial charge on any atom is 0.343 e. The lowest BCUT2D eigenvalue weighted by Gasteiger charge is -2.29. The van der Waals surface area contributed by atoms with E-state index in [0.717, 1.165) is 37.4 Å². The molecule has 3 rings (SSSR count). The minimum Gasteiger partial charge on any atom is -0.493 e. The largest absolute Gasteiger partial charge is 0.493 e. The molecule has 0 amide bonds. The Labute approximate surface area is 223 Å². The first-order valence-electron chi connectivity index (χ1n) is 14.4.